The van der Waals surface area contributed by atoms with Crippen molar-refractivity contribution in [1.82, 2.24) is 5.32 Å². The number of carbonyl (C=O) groups is 1. The molecule has 2 heterocycles. The second-order valence-corrected chi connectivity index (χ2v) is 7.43. The van der Waals surface area contributed by atoms with Gasteiger partial charge in [-0.25, -0.2) is 0 Å². The van der Waals surface area contributed by atoms with E-state index in [0.29, 0.717) is 5.56 Å². The molecule has 112 valence electrons. The minimum absolute atomic E-state index is 0.0882. The first-order chi connectivity index (χ1) is 10.1. The molecule has 3 rings (SSSR count). The van der Waals surface area contributed by atoms with Gasteiger partial charge in [0.15, 0.2) is 0 Å². The van der Waals surface area contributed by atoms with Crippen LogP contribution >= 0.6 is 11.3 Å². The van der Waals surface area contributed by atoms with Crippen LogP contribution in [0.4, 0.5) is 5.00 Å². The summed E-state index contributed by atoms with van der Waals surface area (Å²) in [5.41, 5.74) is 1.54. The summed E-state index contributed by atoms with van der Waals surface area (Å²) in [6.45, 7) is 3.77. The fourth-order valence-corrected chi connectivity index (χ4v) is 4.52. The van der Waals surface area contributed by atoms with Crippen molar-refractivity contribution < 1.29 is 4.79 Å². The SMILES string of the molecule is CC1(C(=O)Nc2sc3c(c2C#N)CCNC3)CCCCC1. The summed E-state index contributed by atoms with van der Waals surface area (Å²) >= 11 is 1.56. The monoisotopic (exact) mass is 303 g/mol. The van der Waals surface area contributed by atoms with Crippen molar-refractivity contribution in [1.29, 1.82) is 5.26 Å². The molecule has 4 nitrogen and oxygen atoms in total. The third-order valence-electron chi connectivity index (χ3n) is 4.77. The molecule has 0 unspecified atom stereocenters. The number of nitriles is 1. The van der Waals surface area contributed by atoms with Gasteiger partial charge in [0.2, 0.25) is 5.91 Å². The highest BCUT2D eigenvalue weighted by Gasteiger charge is 2.35. The van der Waals surface area contributed by atoms with E-state index in [2.05, 4.69) is 23.6 Å². The molecule has 5 heteroatoms. The van der Waals surface area contributed by atoms with E-state index in [9.17, 15) is 10.1 Å². The zero-order valence-corrected chi connectivity index (χ0v) is 13.2. The molecule has 1 saturated carbocycles. The zero-order valence-electron chi connectivity index (χ0n) is 12.4. The quantitative estimate of drug-likeness (QED) is 0.882. The van der Waals surface area contributed by atoms with E-state index < -0.39 is 0 Å². The van der Waals surface area contributed by atoms with E-state index in [1.807, 2.05) is 0 Å². The molecule has 0 radical (unpaired) electrons. The predicted octanol–water partition coefficient (Wildman–Crippen LogP) is 3.17. The number of rotatable bonds is 2. The maximum atomic E-state index is 12.6. The third kappa shape index (κ3) is 2.70. The Morgan fingerprint density at radius 1 is 1.38 bits per heavy atom. The molecular weight excluding hydrogens is 282 g/mol. The Hall–Kier alpha value is -1.38. The minimum Gasteiger partial charge on any atom is -0.316 e. The zero-order chi connectivity index (χ0) is 14.9. The highest BCUT2D eigenvalue weighted by atomic mass is 32.1. The summed E-state index contributed by atoms with van der Waals surface area (Å²) in [6, 6.07) is 2.29. The second kappa shape index (κ2) is 5.78. The van der Waals surface area contributed by atoms with Crippen LogP contribution in [-0.4, -0.2) is 12.5 Å². The lowest BCUT2D eigenvalue weighted by atomic mass is 9.75. The van der Waals surface area contributed by atoms with Crippen LogP contribution in [0.15, 0.2) is 0 Å². The lowest BCUT2D eigenvalue weighted by Crippen LogP contribution is -2.35. The van der Waals surface area contributed by atoms with E-state index in [4.69, 9.17) is 0 Å². The second-order valence-electron chi connectivity index (χ2n) is 6.32. The minimum atomic E-state index is -0.270. The Morgan fingerprint density at radius 2 is 2.14 bits per heavy atom. The summed E-state index contributed by atoms with van der Waals surface area (Å²) in [4.78, 5) is 13.8. The van der Waals surface area contributed by atoms with Gasteiger partial charge in [0.1, 0.15) is 11.1 Å². The van der Waals surface area contributed by atoms with E-state index in [0.717, 1.165) is 55.8 Å². The lowest BCUT2D eigenvalue weighted by molar-refractivity contribution is -0.126. The van der Waals surface area contributed by atoms with Gasteiger partial charge < -0.3 is 10.6 Å². The number of nitrogens with zero attached hydrogens (tertiary/aromatic N) is 1. The van der Waals surface area contributed by atoms with Crippen molar-refractivity contribution in [2.24, 2.45) is 5.41 Å². The number of nitrogens with one attached hydrogen (secondary N) is 2. The Balaban J connectivity index is 1.83. The molecule has 0 atom stereocenters. The molecular formula is C16H21N3OS. The normalized spacial score (nSPS) is 20.4. The molecule has 1 aliphatic carbocycles. The Morgan fingerprint density at radius 3 is 2.86 bits per heavy atom. The highest BCUT2D eigenvalue weighted by molar-refractivity contribution is 7.16. The molecule has 0 bridgehead atoms. The molecule has 0 saturated heterocycles. The molecule has 1 aliphatic heterocycles. The average Bonchev–Trinajstić information content (AvgIpc) is 2.85. The smallest absolute Gasteiger partial charge is 0.230 e. The van der Waals surface area contributed by atoms with E-state index in [1.54, 1.807) is 11.3 Å². The number of hydrogen-bond acceptors (Lipinski definition) is 4. The lowest BCUT2D eigenvalue weighted by Gasteiger charge is -2.31. The van der Waals surface area contributed by atoms with Crippen LogP contribution in [0.5, 0.6) is 0 Å². The number of fused-ring (bicyclic) bond motifs is 1. The molecule has 0 aromatic carbocycles. The highest BCUT2D eigenvalue weighted by Crippen LogP contribution is 2.39. The molecule has 1 fully saturated rings. The van der Waals surface area contributed by atoms with Gasteiger partial charge in [-0.3, -0.25) is 4.79 Å². The Bertz CT molecular complexity index is 593. The number of amides is 1. The van der Waals surface area contributed by atoms with Crippen LogP contribution in [0.1, 0.15) is 55.0 Å². The number of anilines is 1. The van der Waals surface area contributed by atoms with Crippen molar-refractivity contribution >= 4 is 22.2 Å². The van der Waals surface area contributed by atoms with Gasteiger partial charge in [-0.2, -0.15) is 5.26 Å². The fraction of sp³-hybridized carbons (Fsp3) is 0.625. The maximum Gasteiger partial charge on any atom is 0.230 e. The average molecular weight is 303 g/mol. The van der Waals surface area contributed by atoms with Crippen LogP contribution in [-0.2, 0) is 17.8 Å². The first-order valence-electron chi connectivity index (χ1n) is 7.71. The number of hydrogen-bond donors (Lipinski definition) is 2. The standard InChI is InChI=1S/C16H21N3OS/c1-16(6-3-2-4-7-16)15(20)19-14-12(9-17)11-5-8-18-10-13(11)21-14/h18H,2-8,10H2,1H3,(H,19,20). The summed E-state index contributed by atoms with van der Waals surface area (Å²) in [5, 5.41) is 16.6. The van der Waals surface area contributed by atoms with Crippen molar-refractivity contribution in [2.45, 2.75) is 52.0 Å². The van der Waals surface area contributed by atoms with Crippen molar-refractivity contribution in [3.63, 3.8) is 0 Å². The molecule has 2 N–H and O–H groups in total. The van der Waals surface area contributed by atoms with Crippen LogP contribution in [0.2, 0.25) is 0 Å². The first kappa shape index (κ1) is 14.6. The van der Waals surface area contributed by atoms with Crippen LogP contribution < -0.4 is 10.6 Å². The van der Waals surface area contributed by atoms with Gasteiger partial charge in [-0.1, -0.05) is 26.2 Å². The van der Waals surface area contributed by atoms with Gasteiger partial charge in [-0.05, 0) is 31.4 Å². The van der Waals surface area contributed by atoms with Gasteiger partial charge >= 0.3 is 0 Å². The third-order valence-corrected chi connectivity index (χ3v) is 5.92. The first-order valence-corrected chi connectivity index (χ1v) is 8.52. The van der Waals surface area contributed by atoms with Crippen LogP contribution in [0.3, 0.4) is 0 Å². The van der Waals surface area contributed by atoms with Gasteiger partial charge in [-0.15, -0.1) is 11.3 Å². The predicted molar refractivity (Wildman–Crippen MR) is 84.3 cm³/mol. The van der Waals surface area contributed by atoms with Crippen molar-refractivity contribution in [2.75, 3.05) is 11.9 Å². The Labute approximate surface area is 129 Å². The largest absolute Gasteiger partial charge is 0.316 e. The van der Waals surface area contributed by atoms with Crippen molar-refractivity contribution in [3.8, 4) is 6.07 Å². The molecule has 1 aromatic rings. The topological polar surface area (TPSA) is 64.9 Å². The van der Waals surface area contributed by atoms with E-state index in [1.165, 1.54) is 11.3 Å². The molecule has 2 aliphatic rings. The molecule has 0 spiro atoms. The molecule has 1 amide bonds. The van der Waals surface area contributed by atoms with Crippen molar-refractivity contribution in [3.05, 3.63) is 16.0 Å². The summed E-state index contributed by atoms with van der Waals surface area (Å²) in [5.74, 6) is 0.0882. The van der Waals surface area contributed by atoms with Crippen LogP contribution in [0.25, 0.3) is 0 Å². The fourth-order valence-electron chi connectivity index (χ4n) is 3.35. The number of carbonyl (C=O) groups excluding carboxylic acids is 1. The van der Waals surface area contributed by atoms with E-state index in [-0.39, 0.29) is 11.3 Å². The van der Waals surface area contributed by atoms with Gasteiger partial charge in [0, 0.05) is 16.8 Å². The van der Waals surface area contributed by atoms with Gasteiger partial charge in [0.05, 0.1) is 5.56 Å². The molecule has 1 aromatic heterocycles. The van der Waals surface area contributed by atoms with Crippen LogP contribution in [0, 0.1) is 16.7 Å². The molecule has 21 heavy (non-hydrogen) atoms. The maximum absolute atomic E-state index is 12.6. The summed E-state index contributed by atoms with van der Waals surface area (Å²) in [7, 11) is 0. The summed E-state index contributed by atoms with van der Waals surface area (Å²) in [6.07, 6.45) is 6.26. The number of thiophene rings is 1. The van der Waals surface area contributed by atoms with E-state index >= 15 is 0 Å². The summed E-state index contributed by atoms with van der Waals surface area (Å²) < 4.78 is 0. The Kier molecular flexibility index (Phi) is 4.01. The van der Waals surface area contributed by atoms with Gasteiger partial charge in [0.25, 0.3) is 0 Å².